The molecular weight excluding hydrogens is 226 g/mol. The molecule has 0 aliphatic heterocycles. The van der Waals surface area contributed by atoms with E-state index in [0.717, 1.165) is 5.06 Å². The Morgan fingerprint density at radius 3 is 2.44 bits per heavy atom. The van der Waals surface area contributed by atoms with Gasteiger partial charge in [-0.3, -0.25) is 13.8 Å². The first-order chi connectivity index (χ1) is 7.57. The van der Waals surface area contributed by atoms with Crippen LogP contribution in [-0.4, -0.2) is 34.6 Å². The molecule has 1 rings (SSSR count). The van der Waals surface area contributed by atoms with E-state index in [0.29, 0.717) is 4.90 Å². The molecule has 2 atom stereocenters. The van der Waals surface area contributed by atoms with Crippen molar-refractivity contribution in [1.29, 1.82) is 0 Å². The summed E-state index contributed by atoms with van der Waals surface area (Å²) in [5.41, 5.74) is 0. The number of amides is 1. The number of hydrogen-bond acceptors (Lipinski definition) is 3. The fourth-order valence-corrected chi connectivity index (χ4v) is 2.36. The van der Waals surface area contributed by atoms with Gasteiger partial charge in [0.2, 0.25) is 0 Å². The van der Waals surface area contributed by atoms with Crippen LogP contribution in [0.15, 0.2) is 35.2 Å². The van der Waals surface area contributed by atoms with Gasteiger partial charge < -0.3 is 0 Å². The number of nitrogens with zero attached hydrogens (tertiary/aromatic N) is 1. The van der Waals surface area contributed by atoms with Crippen molar-refractivity contribution in [2.45, 2.75) is 17.1 Å². The standard InChI is InChI=1S/C11H15NO3S/c1-9(11(13)12(2)15-3)16(14)10-7-5-4-6-8-10/h4-9H,1-3H3. The van der Waals surface area contributed by atoms with E-state index >= 15 is 0 Å². The summed E-state index contributed by atoms with van der Waals surface area (Å²) in [4.78, 5) is 17.1. The second-order valence-corrected chi connectivity index (χ2v) is 5.04. The Balaban J connectivity index is 2.79. The second kappa shape index (κ2) is 5.77. The predicted octanol–water partition coefficient (Wildman–Crippen LogP) is 1.20. The lowest BCUT2D eigenvalue weighted by molar-refractivity contribution is -0.167. The fourth-order valence-electron chi connectivity index (χ4n) is 1.20. The van der Waals surface area contributed by atoms with Crippen LogP contribution in [0, 0.1) is 0 Å². The van der Waals surface area contributed by atoms with Crippen LogP contribution in [0.1, 0.15) is 6.92 Å². The minimum absolute atomic E-state index is 0.301. The average molecular weight is 241 g/mol. The lowest BCUT2D eigenvalue weighted by Crippen LogP contribution is -2.36. The molecule has 1 aromatic carbocycles. The fraction of sp³-hybridized carbons (Fsp3) is 0.364. The van der Waals surface area contributed by atoms with Crippen molar-refractivity contribution in [1.82, 2.24) is 5.06 Å². The summed E-state index contributed by atoms with van der Waals surface area (Å²) in [7, 11) is 1.55. The quantitative estimate of drug-likeness (QED) is 0.744. The normalized spacial score (nSPS) is 14.2. The molecule has 0 aromatic heterocycles. The van der Waals surface area contributed by atoms with Gasteiger partial charge in [0.1, 0.15) is 5.25 Å². The zero-order valence-corrected chi connectivity index (χ0v) is 10.4. The Morgan fingerprint density at radius 1 is 1.38 bits per heavy atom. The first-order valence-electron chi connectivity index (χ1n) is 4.85. The van der Waals surface area contributed by atoms with Gasteiger partial charge in [-0.15, -0.1) is 0 Å². The van der Waals surface area contributed by atoms with E-state index in [-0.39, 0.29) is 5.91 Å². The van der Waals surface area contributed by atoms with E-state index in [4.69, 9.17) is 4.84 Å². The molecule has 0 saturated carbocycles. The van der Waals surface area contributed by atoms with Crippen LogP contribution >= 0.6 is 0 Å². The highest BCUT2D eigenvalue weighted by molar-refractivity contribution is 7.86. The second-order valence-electron chi connectivity index (χ2n) is 3.27. The molecular formula is C11H15NO3S. The molecule has 0 spiro atoms. The molecule has 0 bridgehead atoms. The third-order valence-electron chi connectivity index (χ3n) is 2.23. The predicted molar refractivity (Wildman–Crippen MR) is 62.1 cm³/mol. The van der Waals surface area contributed by atoms with Gasteiger partial charge in [-0.05, 0) is 19.1 Å². The highest BCUT2D eigenvalue weighted by Gasteiger charge is 2.24. The van der Waals surface area contributed by atoms with E-state index in [1.165, 1.54) is 14.2 Å². The monoisotopic (exact) mass is 241 g/mol. The molecule has 88 valence electrons. The van der Waals surface area contributed by atoms with Crippen molar-refractivity contribution in [2.75, 3.05) is 14.2 Å². The van der Waals surface area contributed by atoms with E-state index in [9.17, 15) is 9.00 Å². The van der Waals surface area contributed by atoms with Crippen LogP contribution < -0.4 is 0 Å². The van der Waals surface area contributed by atoms with Crippen LogP contribution in [0.2, 0.25) is 0 Å². The summed E-state index contributed by atoms with van der Waals surface area (Å²) in [6, 6.07) is 8.92. The number of hydroxylamine groups is 2. The highest BCUT2D eigenvalue weighted by atomic mass is 32.2. The van der Waals surface area contributed by atoms with E-state index in [1.807, 2.05) is 6.07 Å². The number of benzene rings is 1. The third kappa shape index (κ3) is 2.90. The molecule has 0 fully saturated rings. The zero-order valence-electron chi connectivity index (χ0n) is 9.54. The smallest absolute Gasteiger partial charge is 0.261 e. The Hall–Kier alpha value is -1.20. The SMILES string of the molecule is CON(C)C(=O)C(C)S(=O)c1ccccc1. The molecule has 5 heteroatoms. The molecule has 0 heterocycles. The van der Waals surface area contributed by atoms with Crippen molar-refractivity contribution in [3.05, 3.63) is 30.3 Å². The lowest BCUT2D eigenvalue weighted by Gasteiger charge is -2.18. The van der Waals surface area contributed by atoms with Crippen LogP contribution in [0.25, 0.3) is 0 Å². The highest BCUT2D eigenvalue weighted by Crippen LogP contribution is 2.12. The van der Waals surface area contributed by atoms with Gasteiger partial charge >= 0.3 is 0 Å². The Labute approximate surface area is 97.6 Å². The molecule has 2 unspecified atom stereocenters. The molecule has 4 nitrogen and oxygen atoms in total. The van der Waals surface area contributed by atoms with Crippen LogP contribution in [0.3, 0.4) is 0 Å². The van der Waals surface area contributed by atoms with Crippen molar-refractivity contribution in [3.8, 4) is 0 Å². The topological polar surface area (TPSA) is 46.6 Å². The molecule has 0 aliphatic carbocycles. The third-order valence-corrected chi connectivity index (χ3v) is 3.81. The van der Waals surface area contributed by atoms with Crippen LogP contribution in [-0.2, 0) is 20.4 Å². The van der Waals surface area contributed by atoms with Gasteiger partial charge in [0.05, 0.1) is 17.9 Å². The maximum absolute atomic E-state index is 12.0. The summed E-state index contributed by atoms with van der Waals surface area (Å²) in [5.74, 6) is -0.301. The molecule has 1 amide bonds. The number of carbonyl (C=O) groups excluding carboxylic acids is 1. The average Bonchev–Trinajstić information content (AvgIpc) is 2.36. The Morgan fingerprint density at radius 2 is 1.94 bits per heavy atom. The van der Waals surface area contributed by atoms with Gasteiger partial charge in [0.15, 0.2) is 0 Å². The van der Waals surface area contributed by atoms with Crippen molar-refractivity contribution in [3.63, 3.8) is 0 Å². The molecule has 0 N–H and O–H groups in total. The first kappa shape index (κ1) is 12.9. The van der Waals surface area contributed by atoms with E-state index in [2.05, 4.69) is 0 Å². The van der Waals surface area contributed by atoms with Gasteiger partial charge in [0, 0.05) is 11.9 Å². The first-order valence-corrected chi connectivity index (χ1v) is 6.06. The Bertz CT molecular complexity index is 380. The van der Waals surface area contributed by atoms with Crippen molar-refractivity contribution in [2.24, 2.45) is 0 Å². The van der Waals surface area contributed by atoms with Gasteiger partial charge in [-0.25, -0.2) is 5.06 Å². The summed E-state index contributed by atoms with van der Waals surface area (Å²) in [6.07, 6.45) is 0. The molecule has 0 saturated heterocycles. The molecule has 0 aliphatic rings. The lowest BCUT2D eigenvalue weighted by atomic mass is 10.4. The zero-order chi connectivity index (χ0) is 12.1. The minimum atomic E-state index is -1.35. The van der Waals surface area contributed by atoms with Gasteiger partial charge in [-0.1, -0.05) is 18.2 Å². The van der Waals surface area contributed by atoms with E-state index < -0.39 is 16.0 Å². The number of hydrogen-bond donors (Lipinski definition) is 0. The number of carbonyl (C=O) groups is 1. The van der Waals surface area contributed by atoms with Crippen LogP contribution in [0.5, 0.6) is 0 Å². The van der Waals surface area contributed by atoms with Crippen molar-refractivity contribution < 1.29 is 13.8 Å². The minimum Gasteiger partial charge on any atom is -0.275 e. The Kier molecular flexibility index (Phi) is 4.64. The van der Waals surface area contributed by atoms with E-state index in [1.54, 1.807) is 31.2 Å². The number of rotatable bonds is 4. The molecule has 16 heavy (non-hydrogen) atoms. The van der Waals surface area contributed by atoms with Crippen LogP contribution in [0.4, 0.5) is 0 Å². The molecule has 1 aromatic rings. The molecule has 0 radical (unpaired) electrons. The van der Waals surface area contributed by atoms with Crippen molar-refractivity contribution >= 4 is 16.7 Å². The van der Waals surface area contributed by atoms with Gasteiger partial charge in [-0.2, -0.15) is 0 Å². The summed E-state index contributed by atoms with van der Waals surface area (Å²) in [5, 5.41) is 0.471. The maximum atomic E-state index is 12.0. The summed E-state index contributed by atoms with van der Waals surface area (Å²) in [6.45, 7) is 1.63. The van der Waals surface area contributed by atoms with Gasteiger partial charge in [0.25, 0.3) is 5.91 Å². The largest absolute Gasteiger partial charge is 0.275 e. The maximum Gasteiger partial charge on any atom is 0.261 e. The summed E-state index contributed by atoms with van der Waals surface area (Å²) < 4.78 is 12.0. The summed E-state index contributed by atoms with van der Waals surface area (Å²) >= 11 is 0.